The van der Waals surface area contributed by atoms with Crippen molar-refractivity contribution in [3.8, 4) is 0 Å². The van der Waals surface area contributed by atoms with Crippen molar-refractivity contribution in [1.82, 2.24) is 0 Å². The SMILES string of the molecule is CC/C=C\C/C=C\C/C=C\C/C=C\CCC(=O)OC(COCCCCCC/C=C\C/C=C\C/C=C\CC)COP(=O)(O)OC1C(O)C(O)C(O)C(O)C1O. The summed E-state index contributed by atoms with van der Waals surface area (Å²) in [5.41, 5.74) is 0. The van der Waals surface area contributed by atoms with Gasteiger partial charge in [0.15, 0.2) is 0 Å². The van der Waals surface area contributed by atoms with Gasteiger partial charge in [-0.2, -0.15) is 0 Å². The third-order valence-corrected chi connectivity index (χ3v) is 9.26. The van der Waals surface area contributed by atoms with Crippen molar-refractivity contribution in [2.45, 2.75) is 146 Å². The van der Waals surface area contributed by atoms with Crippen LogP contribution >= 0.6 is 7.82 Å². The zero-order valence-corrected chi connectivity index (χ0v) is 33.1. The number of hydrogen-bond acceptors (Lipinski definition) is 11. The van der Waals surface area contributed by atoms with Gasteiger partial charge in [0, 0.05) is 13.0 Å². The molecule has 1 aliphatic carbocycles. The van der Waals surface area contributed by atoms with Gasteiger partial charge in [0.25, 0.3) is 0 Å². The summed E-state index contributed by atoms with van der Waals surface area (Å²) < 4.78 is 33.9. The fraction of sp³-hybridized carbons (Fsp3) is 0.634. The van der Waals surface area contributed by atoms with Gasteiger partial charge in [-0.05, 0) is 70.6 Å². The Morgan fingerprint density at radius 3 is 1.56 bits per heavy atom. The Bertz CT molecular complexity index is 1210. The molecule has 1 fully saturated rings. The van der Waals surface area contributed by atoms with E-state index in [1.807, 2.05) is 18.2 Å². The van der Waals surface area contributed by atoms with Crippen LogP contribution in [-0.4, -0.2) is 98.9 Å². The van der Waals surface area contributed by atoms with Gasteiger partial charge in [-0.3, -0.25) is 13.8 Å². The van der Waals surface area contributed by atoms with Crippen LogP contribution in [0.15, 0.2) is 85.1 Å². The van der Waals surface area contributed by atoms with Crippen LogP contribution in [0, 0.1) is 0 Å². The van der Waals surface area contributed by atoms with Crippen LogP contribution in [0.1, 0.15) is 104 Å². The van der Waals surface area contributed by atoms with Gasteiger partial charge in [0.2, 0.25) is 0 Å². The number of rotatable bonds is 30. The molecule has 6 unspecified atom stereocenters. The molecule has 6 atom stereocenters. The highest BCUT2D eigenvalue weighted by Crippen LogP contribution is 2.47. The molecule has 1 saturated carbocycles. The maximum absolute atomic E-state index is 12.7. The summed E-state index contributed by atoms with van der Waals surface area (Å²) in [6, 6.07) is 0. The summed E-state index contributed by atoms with van der Waals surface area (Å²) in [4.78, 5) is 23.0. The standard InChI is InChI=1S/C41H67O12P/c1-3-5-7-9-11-13-15-17-19-21-23-25-27-29-31-50-32-34(33-51-54(48,49)53-41-39(46)37(44)36(43)38(45)40(41)47)52-35(42)30-28-26-24-22-20-18-16-14-12-10-8-6-4-2/h5-8,11-14,17-20,24,26,34,36-41,43-47H,3-4,9-10,15-16,21-23,25,27-33H2,1-2H3,(H,48,49)/b7-5-,8-6-,13-11-,14-12-,19-17-,20-18-,26-24-. The molecule has 0 bridgehead atoms. The lowest BCUT2D eigenvalue weighted by atomic mass is 9.85. The Morgan fingerprint density at radius 2 is 1.04 bits per heavy atom. The normalized spacial score (nSPS) is 24.4. The predicted molar refractivity (Wildman–Crippen MR) is 211 cm³/mol. The van der Waals surface area contributed by atoms with E-state index in [1.54, 1.807) is 0 Å². The van der Waals surface area contributed by atoms with Gasteiger partial charge in [-0.1, -0.05) is 112 Å². The molecule has 0 amide bonds. The Labute approximate surface area is 322 Å². The van der Waals surface area contributed by atoms with E-state index >= 15 is 0 Å². The molecule has 6 N–H and O–H groups in total. The number of esters is 1. The maximum atomic E-state index is 12.7. The third kappa shape index (κ3) is 24.1. The number of aliphatic hydroxyl groups excluding tert-OH is 5. The van der Waals surface area contributed by atoms with E-state index in [0.717, 1.165) is 77.0 Å². The second kappa shape index (κ2) is 31.7. The van der Waals surface area contributed by atoms with E-state index in [9.17, 15) is 39.8 Å². The highest BCUT2D eigenvalue weighted by atomic mass is 31.2. The lowest BCUT2D eigenvalue weighted by Gasteiger charge is -2.41. The molecule has 0 radical (unpaired) electrons. The lowest BCUT2D eigenvalue weighted by Crippen LogP contribution is -2.64. The minimum atomic E-state index is -5.04. The fourth-order valence-corrected chi connectivity index (χ4v) is 6.18. The van der Waals surface area contributed by atoms with E-state index < -0.39 is 63.1 Å². The number of phosphoric acid groups is 1. The summed E-state index contributed by atoms with van der Waals surface area (Å²) in [6.45, 7) is 3.85. The van der Waals surface area contributed by atoms with E-state index in [4.69, 9.17) is 18.5 Å². The van der Waals surface area contributed by atoms with Gasteiger partial charge >= 0.3 is 13.8 Å². The number of unbranched alkanes of at least 4 members (excludes halogenated alkanes) is 4. The Balaban J connectivity index is 2.55. The molecule has 13 heteroatoms. The first-order valence-corrected chi connectivity index (χ1v) is 20.9. The van der Waals surface area contributed by atoms with Gasteiger partial charge in [-0.15, -0.1) is 0 Å². The topological polar surface area (TPSA) is 192 Å². The minimum Gasteiger partial charge on any atom is -0.457 e. The molecule has 1 rings (SSSR count). The van der Waals surface area contributed by atoms with Crippen molar-refractivity contribution in [2.75, 3.05) is 19.8 Å². The molecule has 0 spiro atoms. The number of aliphatic hydroxyl groups is 5. The van der Waals surface area contributed by atoms with Crippen LogP contribution in [0.5, 0.6) is 0 Å². The molecule has 0 aromatic carbocycles. The molecule has 0 heterocycles. The minimum absolute atomic E-state index is 0.0532. The quantitative estimate of drug-likeness (QED) is 0.0198. The molecule has 0 aromatic rings. The largest absolute Gasteiger partial charge is 0.472 e. The van der Waals surface area contributed by atoms with Gasteiger partial charge in [0.05, 0.1) is 13.2 Å². The van der Waals surface area contributed by atoms with Gasteiger partial charge in [0.1, 0.15) is 42.7 Å². The number of carbonyl (C=O) groups excluding carboxylic acids is 1. The predicted octanol–water partition coefficient (Wildman–Crippen LogP) is 6.63. The Kier molecular flexibility index (Phi) is 29.1. The average Bonchev–Trinajstić information content (AvgIpc) is 3.15. The number of hydrogen-bond donors (Lipinski definition) is 6. The second-order valence-corrected chi connectivity index (χ2v) is 14.4. The molecule has 54 heavy (non-hydrogen) atoms. The molecule has 0 saturated heterocycles. The first-order valence-electron chi connectivity index (χ1n) is 19.4. The van der Waals surface area contributed by atoms with Crippen LogP contribution in [0.2, 0.25) is 0 Å². The number of allylic oxidation sites excluding steroid dienone is 14. The van der Waals surface area contributed by atoms with Crippen LogP contribution in [0.25, 0.3) is 0 Å². The molecule has 0 aliphatic heterocycles. The maximum Gasteiger partial charge on any atom is 0.472 e. The van der Waals surface area contributed by atoms with Crippen molar-refractivity contribution in [3.05, 3.63) is 85.1 Å². The smallest absolute Gasteiger partial charge is 0.457 e. The average molecular weight is 783 g/mol. The summed E-state index contributed by atoms with van der Waals surface area (Å²) in [6.07, 6.45) is 28.3. The highest BCUT2D eigenvalue weighted by Gasteiger charge is 2.51. The monoisotopic (exact) mass is 782 g/mol. The van der Waals surface area contributed by atoms with E-state index in [1.165, 1.54) is 0 Å². The zero-order chi connectivity index (χ0) is 39.9. The highest BCUT2D eigenvalue weighted by molar-refractivity contribution is 7.47. The number of ether oxygens (including phenoxy) is 2. The Hall–Kier alpha value is -2.48. The first kappa shape index (κ1) is 49.5. The number of phosphoric ester groups is 1. The summed E-state index contributed by atoms with van der Waals surface area (Å²) >= 11 is 0. The Morgan fingerprint density at radius 1 is 0.593 bits per heavy atom. The summed E-state index contributed by atoms with van der Waals surface area (Å²) in [7, 11) is -5.04. The molecule has 12 nitrogen and oxygen atoms in total. The van der Waals surface area contributed by atoms with E-state index in [2.05, 4.69) is 80.7 Å². The summed E-state index contributed by atoms with van der Waals surface area (Å²) in [5.74, 6) is -0.571. The van der Waals surface area contributed by atoms with Crippen LogP contribution in [0.3, 0.4) is 0 Å². The first-order chi connectivity index (χ1) is 26.0. The van der Waals surface area contributed by atoms with Crippen LogP contribution in [-0.2, 0) is 27.9 Å². The molecule has 1 aliphatic rings. The third-order valence-electron chi connectivity index (χ3n) is 8.28. The van der Waals surface area contributed by atoms with E-state index in [0.29, 0.717) is 13.0 Å². The number of carbonyl (C=O) groups is 1. The van der Waals surface area contributed by atoms with Crippen molar-refractivity contribution < 1.29 is 58.3 Å². The van der Waals surface area contributed by atoms with Gasteiger partial charge in [-0.25, -0.2) is 4.57 Å². The molecular formula is C41H67O12P. The van der Waals surface area contributed by atoms with Crippen molar-refractivity contribution >= 4 is 13.8 Å². The second-order valence-electron chi connectivity index (χ2n) is 13.0. The molecule has 0 aromatic heterocycles. The van der Waals surface area contributed by atoms with Crippen LogP contribution in [0.4, 0.5) is 0 Å². The fourth-order valence-electron chi connectivity index (χ4n) is 5.20. The van der Waals surface area contributed by atoms with E-state index in [-0.39, 0.29) is 13.0 Å². The van der Waals surface area contributed by atoms with Crippen LogP contribution < -0.4 is 0 Å². The van der Waals surface area contributed by atoms with Crippen molar-refractivity contribution in [2.24, 2.45) is 0 Å². The lowest BCUT2D eigenvalue weighted by molar-refractivity contribution is -0.220. The van der Waals surface area contributed by atoms with Crippen molar-refractivity contribution in [3.63, 3.8) is 0 Å². The molecule has 308 valence electrons. The molecular weight excluding hydrogens is 715 g/mol. The van der Waals surface area contributed by atoms with Gasteiger partial charge < -0.3 is 39.9 Å². The van der Waals surface area contributed by atoms with Crippen molar-refractivity contribution in [1.29, 1.82) is 0 Å². The zero-order valence-electron chi connectivity index (χ0n) is 32.2. The summed E-state index contributed by atoms with van der Waals surface area (Å²) in [5, 5.41) is 50.0.